The Labute approximate surface area is 77.2 Å². The van der Waals surface area contributed by atoms with Crippen molar-refractivity contribution in [2.75, 3.05) is 5.73 Å². The molecule has 1 aromatic rings. The monoisotopic (exact) mass is 179 g/mol. The van der Waals surface area contributed by atoms with Gasteiger partial charge in [-0.2, -0.15) is 5.26 Å². The minimum absolute atomic E-state index is 0.273. The molecule has 0 aliphatic rings. The number of hydrogen-bond acceptors (Lipinski definition) is 4. The van der Waals surface area contributed by atoms with Crippen LogP contribution in [0.4, 0.5) is 5.95 Å². The van der Waals surface area contributed by atoms with Crippen molar-refractivity contribution >= 4 is 5.95 Å². The van der Waals surface area contributed by atoms with Crippen molar-refractivity contribution in [3.8, 4) is 6.07 Å². The predicted molar refractivity (Wildman–Crippen MR) is 48.4 cm³/mol. The maximum atomic E-state index is 8.76. The number of aromatic nitrogens is 3. The lowest BCUT2D eigenvalue weighted by atomic mass is 9.92. The van der Waals surface area contributed by atoms with Crippen LogP contribution in [-0.4, -0.2) is 14.8 Å². The van der Waals surface area contributed by atoms with E-state index in [4.69, 9.17) is 11.0 Å². The van der Waals surface area contributed by atoms with Gasteiger partial charge in [0.1, 0.15) is 6.33 Å². The van der Waals surface area contributed by atoms with Crippen molar-refractivity contribution in [1.82, 2.24) is 14.8 Å². The molecule has 13 heavy (non-hydrogen) atoms. The third kappa shape index (κ3) is 2.75. The Hall–Kier alpha value is -1.57. The Kier molecular flexibility index (Phi) is 2.52. The first kappa shape index (κ1) is 9.52. The summed E-state index contributed by atoms with van der Waals surface area (Å²) < 4.78 is 1.65. The average Bonchev–Trinajstić information content (AvgIpc) is 2.48. The number of nitriles is 1. The Morgan fingerprint density at radius 1 is 1.69 bits per heavy atom. The number of aryl methyl sites for hydroxylation is 1. The summed E-state index contributed by atoms with van der Waals surface area (Å²) >= 11 is 0. The van der Waals surface area contributed by atoms with Gasteiger partial charge in [0.15, 0.2) is 0 Å². The van der Waals surface area contributed by atoms with E-state index in [1.807, 2.05) is 13.8 Å². The van der Waals surface area contributed by atoms with Crippen molar-refractivity contribution in [3.05, 3.63) is 6.33 Å². The van der Waals surface area contributed by atoms with Crippen LogP contribution in [0.1, 0.15) is 20.3 Å². The predicted octanol–water partition coefficient (Wildman–Crippen LogP) is 0.800. The van der Waals surface area contributed by atoms with E-state index in [9.17, 15) is 0 Å². The fraction of sp³-hybridized carbons (Fsp3) is 0.625. The van der Waals surface area contributed by atoms with Crippen LogP contribution in [-0.2, 0) is 6.54 Å². The second-order valence-electron chi connectivity index (χ2n) is 3.61. The summed E-state index contributed by atoms with van der Waals surface area (Å²) in [5.74, 6) is 0.273. The molecule has 0 aromatic carbocycles. The molecule has 0 unspecified atom stereocenters. The van der Waals surface area contributed by atoms with Gasteiger partial charge in [0.25, 0.3) is 0 Å². The van der Waals surface area contributed by atoms with Crippen LogP contribution in [0.3, 0.4) is 0 Å². The van der Waals surface area contributed by atoms with Gasteiger partial charge in [-0.3, -0.25) is 4.68 Å². The highest BCUT2D eigenvalue weighted by Crippen LogP contribution is 2.18. The molecule has 0 radical (unpaired) electrons. The summed E-state index contributed by atoms with van der Waals surface area (Å²) in [6, 6.07) is 2.23. The van der Waals surface area contributed by atoms with E-state index in [2.05, 4.69) is 16.2 Å². The molecule has 70 valence electrons. The maximum Gasteiger partial charge on any atom is 0.239 e. The first-order chi connectivity index (χ1) is 6.03. The van der Waals surface area contributed by atoms with Gasteiger partial charge in [0, 0.05) is 6.54 Å². The molecular weight excluding hydrogens is 166 g/mol. The smallest absolute Gasteiger partial charge is 0.239 e. The van der Waals surface area contributed by atoms with Crippen LogP contribution in [0.5, 0.6) is 0 Å². The van der Waals surface area contributed by atoms with Crippen molar-refractivity contribution < 1.29 is 0 Å². The summed E-state index contributed by atoms with van der Waals surface area (Å²) in [7, 11) is 0. The van der Waals surface area contributed by atoms with E-state index in [1.165, 1.54) is 0 Å². The van der Waals surface area contributed by atoms with E-state index in [-0.39, 0.29) is 11.4 Å². The Morgan fingerprint density at radius 3 is 2.85 bits per heavy atom. The molecule has 0 bridgehead atoms. The molecule has 5 heteroatoms. The van der Waals surface area contributed by atoms with Gasteiger partial charge in [-0.15, -0.1) is 5.10 Å². The lowest BCUT2D eigenvalue weighted by molar-refractivity contribution is 0.399. The molecule has 0 atom stereocenters. The number of nitrogen functional groups attached to an aromatic ring is 1. The quantitative estimate of drug-likeness (QED) is 0.744. The first-order valence-electron chi connectivity index (χ1n) is 4.10. The van der Waals surface area contributed by atoms with E-state index in [1.54, 1.807) is 11.0 Å². The van der Waals surface area contributed by atoms with E-state index in [0.29, 0.717) is 6.54 Å². The number of anilines is 1. The van der Waals surface area contributed by atoms with Crippen LogP contribution < -0.4 is 5.73 Å². The lowest BCUT2D eigenvalue weighted by Gasteiger charge is -2.13. The number of rotatable bonds is 3. The number of nitrogens with zero attached hydrogens (tertiary/aromatic N) is 4. The van der Waals surface area contributed by atoms with Crippen LogP contribution >= 0.6 is 0 Å². The first-order valence-corrected chi connectivity index (χ1v) is 4.10. The van der Waals surface area contributed by atoms with Crippen LogP contribution in [0.15, 0.2) is 6.33 Å². The van der Waals surface area contributed by atoms with Crippen LogP contribution in [0.2, 0.25) is 0 Å². The lowest BCUT2D eigenvalue weighted by Crippen LogP contribution is -2.12. The van der Waals surface area contributed by atoms with Crippen molar-refractivity contribution in [1.29, 1.82) is 5.26 Å². The summed E-state index contributed by atoms with van der Waals surface area (Å²) in [6.45, 7) is 4.46. The normalized spacial score (nSPS) is 11.2. The largest absolute Gasteiger partial charge is 0.367 e. The maximum absolute atomic E-state index is 8.76. The third-order valence-corrected chi connectivity index (χ3v) is 1.82. The highest BCUT2D eigenvalue weighted by Gasteiger charge is 2.16. The minimum atomic E-state index is -0.319. The summed E-state index contributed by atoms with van der Waals surface area (Å²) in [6.07, 6.45) is 2.31. The van der Waals surface area contributed by atoms with Gasteiger partial charge < -0.3 is 5.73 Å². The molecular formula is C8H13N5. The molecule has 5 nitrogen and oxygen atoms in total. The summed E-state index contributed by atoms with van der Waals surface area (Å²) in [5, 5.41) is 12.7. The van der Waals surface area contributed by atoms with E-state index in [0.717, 1.165) is 6.42 Å². The molecule has 0 fully saturated rings. The highest BCUT2D eigenvalue weighted by atomic mass is 15.3. The molecule has 0 saturated heterocycles. The van der Waals surface area contributed by atoms with Gasteiger partial charge in [0.2, 0.25) is 5.95 Å². The SMILES string of the molecule is CC(C)(C#N)CCn1cnc(N)n1. The van der Waals surface area contributed by atoms with Crippen molar-refractivity contribution in [3.63, 3.8) is 0 Å². The van der Waals surface area contributed by atoms with Crippen LogP contribution in [0.25, 0.3) is 0 Å². The van der Waals surface area contributed by atoms with Gasteiger partial charge in [-0.1, -0.05) is 0 Å². The second kappa shape index (κ2) is 3.44. The van der Waals surface area contributed by atoms with Gasteiger partial charge in [0.05, 0.1) is 11.5 Å². The van der Waals surface area contributed by atoms with Gasteiger partial charge in [-0.25, -0.2) is 4.98 Å². The zero-order valence-electron chi connectivity index (χ0n) is 7.86. The molecule has 1 heterocycles. The zero-order chi connectivity index (χ0) is 9.90. The zero-order valence-corrected chi connectivity index (χ0v) is 7.86. The van der Waals surface area contributed by atoms with E-state index >= 15 is 0 Å². The van der Waals surface area contributed by atoms with Gasteiger partial charge >= 0.3 is 0 Å². The standard InChI is InChI=1S/C8H13N5/c1-8(2,5-9)3-4-13-6-11-7(10)12-13/h6H,3-4H2,1-2H3,(H2,10,12). The number of nitrogens with two attached hydrogens (primary N) is 1. The molecule has 0 amide bonds. The molecule has 0 aliphatic carbocycles. The van der Waals surface area contributed by atoms with Crippen molar-refractivity contribution in [2.24, 2.45) is 5.41 Å². The minimum Gasteiger partial charge on any atom is -0.367 e. The molecule has 2 N–H and O–H groups in total. The summed E-state index contributed by atoms with van der Waals surface area (Å²) in [5.41, 5.74) is 5.02. The fourth-order valence-corrected chi connectivity index (χ4v) is 0.867. The topological polar surface area (TPSA) is 80.5 Å². The Balaban J connectivity index is 2.49. The molecule has 1 rings (SSSR count). The second-order valence-corrected chi connectivity index (χ2v) is 3.61. The third-order valence-electron chi connectivity index (χ3n) is 1.82. The van der Waals surface area contributed by atoms with Gasteiger partial charge in [-0.05, 0) is 20.3 Å². The van der Waals surface area contributed by atoms with E-state index < -0.39 is 0 Å². The van der Waals surface area contributed by atoms with Crippen molar-refractivity contribution in [2.45, 2.75) is 26.8 Å². The molecule has 0 spiro atoms. The average molecular weight is 179 g/mol. The number of hydrogen-bond donors (Lipinski definition) is 1. The van der Waals surface area contributed by atoms with Crippen LogP contribution in [0, 0.1) is 16.7 Å². The molecule has 0 saturated carbocycles. The Morgan fingerprint density at radius 2 is 2.38 bits per heavy atom. The summed E-state index contributed by atoms with van der Waals surface area (Å²) in [4.78, 5) is 3.79. The molecule has 1 aromatic heterocycles. The Bertz CT molecular complexity index is 320. The highest BCUT2D eigenvalue weighted by molar-refractivity contribution is 5.09. The fourth-order valence-electron chi connectivity index (χ4n) is 0.867. The molecule has 0 aliphatic heterocycles.